The number of ether oxygens (including phenoxy) is 2. The number of amides is 1. The second kappa shape index (κ2) is 8.51. The first-order valence-corrected chi connectivity index (χ1v) is 8.79. The average Bonchev–Trinajstić information content (AvgIpc) is 2.68. The lowest BCUT2D eigenvalue weighted by molar-refractivity contribution is 0.102. The number of carbonyl (C=O) groups is 1. The molecule has 0 saturated carbocycles. The lowest BCUT2D eigenvalue weighted by atomic mass is 10.1. The van der Waals surface area contributed by atoms with Crippen LogP contribution >= 0.6 is 0 Å². The number of nitrogens with zero attached hydrogens (tertiary/aromatic N) is 1. The summed E-state index contributed by atoms with van der Waals surface area (Å²) in [7, 11) is 1.60. The van der Waals surface area contributed by atoms with Gasteiger partial charge in [0.2, 0.25) is 0 Å². The van der Waals surface area contributed by atoms with Crippen LogP contribution in [0.3, 0.4) is 0 Å². The molecule has 140 valence electrons. The fourth-order valence-corrected chi connectivity index (χ4v) is 2.88. The van der Waals surface area contributed by atoms with E-state index in [2.05, 4.69) is 5.32 Å². The average molecular weight is 366 g/mol. The van der Waals surface area contributed by atoms with Gasteiger partial charge in [-0.05, 0) is 43.3 Å². The number of aromatic nitrogens is 1. The Morgan fingerprint density at radius 3 is 2.70 bits per heavy atom. The molecule has 0 fully saturated rings. The van der Waals surface area contributed by atoms with Crippen LogP contribution in [0.2, 0.25) is 0 Å². The number of methoxy groups -OCH3 is 1. The highest BCUT2D eigenvalue weighted by atomic mass is 16.5. The Balaban J connectivity index is 1.91. The highest BCUT2D eigenvalue weighted by Crippen LogP contribution is 2.22. The first-order chi connectivity index (χ1) is 13.1. The van der Waals surface area contributed by atoms with Gasteiger partial charge in [-0.2, -0.15) is 0 Å². The van der Waals surface area contributed by atoms with Gasteiger partial charge in [0.05, 0.1) is 13.2 Å². The topological polar surface area (TPSA) is 69.6 Å². The smallest absolute Gasteiger partial charge is 0.258 e. The monoisotopic (exact) mass is 366 g/mol. The van der Waals surface area contributed by atoms with Gasteiger partial charge in [-0.25, -0.2) is 0 Å². The van der Waals surface area contributed by atoms with Crippen LogP contribution in [0.4, 0.5) is 5.69 Å². The van der Waals surface area contributed by atoms with Gasteiger partial charge in [0, 0.05) is 41.9 Å². The Labute approximate surface area is 157 Å². The van der Waals surface area contributed by atoms with Crippen LogP contribution in [0.15, 0.2) is 59.5 Å². The molecule has 0 unspecified atom stereocenters. The number of hydrogen-bond acceptors (Lipinski definition) is 4. The van der Waals surface area contributed by atoms with Crippen LogP contribution in [-0.2, 0) is 11.3 Å². The number of carbonyl (C=O) groups excluding carboxylic acids is 1. The van der Waals surface area contributed by atoms with Gasteiger partial charge in [0.1, 0.15) is 5.75 Å². The molecule has 0 saturated heterocycles. The first kappa shape index (κ1) is 18.7. The SMILES string of the molecule is CCOc1cccc(C(=O)Nc2cccc3c(=O)n(CCOC)ccc23)c1. The summed E-state index contributed by atoms with van der Waals surface area (Å²) >= 11 is 0. The second-order valence-electron chi connectivity index (χ2n) is 5.99. The molecule has 0 bridgehead atoms. The van der Waals surface area contributed by atoms with Crippen molar-refractivity contribution in [1.82, 2.24) is 4.57 Å². The summed E-state index contributed by atoms with van der Waals surface area (Å²) in [6, 6.07) is 14.1. The molecule has 27 heavy (non-hydrogen) atoms. The van der Waals surface area contributed by atoms with Crippen LogP contribution in [0.25, 0.3) is 10.8 Å². The van der Waals surface area contributed by atoms with Crippen LogP contribution in [0.1, 0.15) is 17.3 Å². The Hall–Kier alpha value is -3.12. The van der Waals surface area contributed by atoms with Gasteiger partial charge in [0.25, 0.3) is 11.5 Å². The summed E-state index contributed by atoms with van der Waals surface area (Å²) in [4.78, 5) is 25.3. The number of anilines is 1. The Morgan fingerprint density at radius 2 is 1.93 bits per heavy atom. The summed E-state index contributed by atoms with van der Waals surface area (Å²) in [6.45, 7) is 3.36. The largest absolute Gasteiger partial charge is 0.494 e. The van der Waals surface area contributed by atoms with Gasteiger partial charge in [-0.1, -0.05) is 12.1 Å². The summed E-state index contributed by atoms with van der Waals surface area (Å²) in [6.07, 6.45) is 1.72. The molecule has 3 rings (SSSR count). The van der Waals surface area contributed by atoms with E-state index < -0.39 is 0 Å². The van der Waals surface area contributed by atoms with Gasteiger partial charge in [-0.15, -0.1) is 0 Å². The van der Waals surface area contributed by atoms with Crippen molar-refractivity contribution in [1.29, 1.82) is 0 Å². The van der Waals surface area contributed by atoms with Crippen molar-refractivity contribution in [2.45, 2.75) is 13.5 Å². The Kier molecular flexibility index (Phi) is 5.88. The van der Waals surface area contributed by atoms with E-state index in [9.17, 15) is 9.59 Å². The molecule has 0 atom stereocenters. The lowest BCUT2D eigenvalue weighted by Gasteiger charge is -2.11. The van der Waals surface area contributed by atoms with Gasteiger partial charge in [0.15, 0.2) is 0 Å². The van der Waals surface area contributed by atoms with Crippen molar-refractivity contribution in [3.05, 3.63) is 70.6 Å². The minimum atomic E-state index is -0.257. The maximum atomic E-state index is 12.6. The van der Waals surface area contributed by atoms with Crippen LogP contribution in [0, 0.1) is 0 Å². The quantitative estimate of drug-likeness (QED) is 0.697. The predicted octanol–water partition coefficient (Wildman–Crippen LogP) is 3.30. The molecule has 0 spiro atoms. The number of rotatable bonds is 7. The van der Waals surface area contributed by atoms with Crippen molar-refractivity contribution in [3.8, 4) is 5.75 Å². The van der Waals surface area contributed by atoms with Crippen molar-refractivity contribution in [2.24, 2.45) is 0 Å². The third kappa shape index (κ3) is 4.17. The summed E-state index contributed by atoms with van der Waals surface area (Å²) < 4.78 is 12.1. The van der Waals surface area contributed by atoms with Gasteiger partial charge in [-0.3, -0.25) is 9.59 Å². The summed E-state index contributed by atoms with van der Waals surface area (Å²) in [5, 5.41) is 4.14. The molecule has 3 aromatic rings. The maximum Gasteiger partial charge on any atom is 0.258 e. The Bertz CT molecular complexity index is 1010. The zero-order valence-corrected chi connectivity index (χ0v) is 15.4. The minimum absolute atomic E-state index is 0.112. The van der Waals surface area contributed by atoms with E-state index in [1.54, 1.807) is 60.3 Å². The number of fused-ring (bicyclic) bond motifs is 1. The normalized spacial score (nSPS) is 10.7. The highest BCUT2D eigenvalue weighted by molar-refractivity contribution is 6.09. The van der Waals surface area contributed by atoms with Crippen LogP contribution in [-0.4, -0.2) is 30.8 Å². The molecule has 1 N–H and O–H groups in total. The molecule has 1 aromatic heterocycles. The second-order valence-corrected chi connectivity index (χ2v) is 5.99. The molecule has 0 radical (unpaired) electrons. The molecular weight excluding hydrogens is 344 g/mol. The summed E-state index contributed by atoms with van der Waals surface area (Å²) in [5.41, 5.74) is 0.973. The highest BCUT2D eigenvalue weighted by Gasteiger charge is 2.11. The maximum absolute atomic E-state index is 12.6. The molecule has 1 amide bonds. The zero-order chi connectivity index (χ0) is 19.2. The third-order valence-corrected chi connectivity index (χ3v) is 4.21. The molecule has 0 aliphatic rings. The van der Waals surface area contributed by atoms with Crippen molar-refractivity contribution in [2.75, 3.05) is 25.6 Å². The Morgan fingerprint density at radius 1 is 1.11 bits per heavy atom. The van der Waals surface area contributed by atoms with Crippen LogP contribution < -0.4 is 15.6 Å². The van der Waals surface area contributed by atoms with Crippen LogP contribution in [0.5, 0.6) is 5.75 Å². The molecule has 2 aromatic carbocycles. The van der Waals surface area contributed by atoms with Crippen molar-refractivity contribution in [3.63, 3.8) is 0 Å². The third-order valence-electron chi connectivity index (χ3n) is 4.21. The standard InChI is InChI=1S/C21H22N2O4/c1-3-27-16-7-4-6-15(14-16)20(24)22-19-9-5-8-18-17(19)10-11-23(21(18)25)12-13-26-2/h4-11,14H,3,12-13H2,1-2H3,(H,22,24). The fourth-order valence-electron chi connectivity index (χ4n) is 2.88. The minimum Gasteiger partial charge on any atom is -0.494 e. The molecule has 6 heteroatoms. The van der Waals surface area contributed by atoms with E-state index >= 15 is 0 Å². The zero-order valence-electron chi connectivity index (χ0n) is 15.4. The lowest BCUT2D eigenvalue weighted by Crippen LogP contribution is -2.22. The molecule has 0 aliphatic carbocycles. The number of nitrogens with one attached hydrogen (secondary N) is 1. The molecule has 0 aliphatic heterocycles. The van der Waals surface area contributed by atoms with E-state index in [4.69, 9.17) is 9.47 Å². The van der Waals surface area contributed by atoms with E-state index in [-0.39, 0.29) is 11.5 Å². The number of pyridine rings is 1. The van der Waals surface area contributed by atoms with E-state index in [1.165, 1.54) is 0 Å². The van der Waals surface area contributed by atoms with Gasteiger partial charge >= 0.3 is 0 Å². The van der Waals surface area contributed by atoms with Crippen molar-refractivity contribution < 1.29 is 14.3 Å². The van der Waals surface area contributed by atoms with E-state index in [1.807, 2.05) is 13.0 Å². The van der Waals surface area contributed by atoms with Crippen molar-refractivity contribution >= 4 is 22.4 Å². The van der Waals surface area contributed by atoms with Gasteiger partial charge < -0.3 is 19.4 Å². The molecule has 6 nitrogen and oxygen atoms in total. The summed E-state index contributed by atoms with van der Waals surface area (Å²) in [5.74, 6) is 0.386. The predicted molar refractivity (Wildman–Crippen MR) is 106 cm³/mol. The molecular formula is C21H22N2O4. The fraction of sp³-hybridized carbons (Fsp3) is 0.238. The number of benzene rings is 2. The van der Waals surface area contributed by atoms with E-state index in [0.717, 1.165) is 0 Å². The number of hydrogen-bond donors (Lipinski definition) is 1. The first-order valence-electron chi connectivity index (χ1n) is 8.79. The van der Waals surface area contributed by atoms with E-state index in [0.29, 0.717) is 47.5 Å². The molecule has 1 heterocycles.